The van der Waals surface area contributed by atoms with Crippen LogP contribution in [0.4, 0.5) is 8.78 Å². The van der Waals surface area contributed by atoms with Gasteiger partial charge in [-0.25, -0.2) is 8.78 Å². The molecular formula is C6H3BrF2OS. The molecule has 0 amide bonds. The molecule has 0 bridgehead atoms. The Morgan fingerprint density at radius 3 is 2.64 bits per heavy atom. The van der Waals surface area contributed by atoms with E-state index >= 15 is 0 Å². The lowest BCUT2D eigenvalue weighted by Gasteiger charge is -1.94. The fourth-order valence-electron chi connectivity index (χ4n) is 0.569. The van der Waals surface area contributed by atoms with E-state index in [0.717, 1.165) is 11.3 Å². The van der Waals surface area contributed by atoms with E-state index in [1.807, 2.05) is 0 Å². The third-order valence-electron chi connectivity index (χ3n) is 1.04. The molecule has 0 saturated heterocycles. The zero-order chi connectivity index (χ0) is 8.43. The van der Waals surface area contributed by atoms with Gasteiger partial charge in [0.05, 0.1) is 4.88 Å². The summed E-state index contributed by atoms with van der Waals surface area (Å²) in [6.45, 7) is 0. The first-order valence-corrected chi connectivity index (χ1v) is 4.35. The van der Waals surface area contributed by atoms with Gasteiger partial charge in [0, 0.05) is 4.47 Å². The average molecular weight is 241 g/mol. The lowest BCUT2D eigenvalue weighted by molar-refractivity contribution is 0.0682. The molecule has 0 radical (unpaired) electrons. The molecule has 0 fully saturated rings. The van der Waals surface area contributed by atoms with Crippen LogP contribution in [0.25, 0.3) is 0 Å². The Bertz CT molecular complexity index is 271. The van der Waals surface area contributed by atoms with E-state index in [1.165, 1.54) is 0 Å². The maximum atomic E-state index is 11.8. The Hall–Kier alpha value is -0.290. The smallest absolute Gasteiger partial charge is 0.287 e. The van der Waals surface area contributed by atoms with Crippen LogP contribution in [0.1, 0.15) is 9.67 Å². The molecule has 0 N–H and O–H groups in total. The molecule has 1 rings (SSSR count). The number of alkyl halides is 2. The van der Waals surface area contributed by atoms with Crippen molar-refractivity contribution < 1.29 is 13.6 Å². The van der Waals surface area contributed by atoms with E-state index in [2.05, 4.69) is 15.9 Å². The predicted octanol–water partition coefficient (Wildman–Crippen LogP) is 2.96. The van der Waals surface area contributed by atoms with Crippen LogP contribution in [0, 0.1) is 0 Å². The maximum Gasteiger partial charge on any atom is 0.301 e. The van der Waals surface area contributed by atoms with E-state index in [9.17, 15) is 13.6 Å². The fourth-order valence-corrected chi connectivity index (χ4v) is 2.08. The normalized spacial score (nSPS) is 10.5. The second-order valence-electron chi connectivity index (χ2n) is 1.76. The Labute approximate surface area is 74.2 Å². The van der Waals surface area contributed by atoms with Crippen molar-refractivity contribution in [3.8, 4) is 0 Å². The van der Waals surface area contributed by atoms with Gasteiger partial charge in [0.25, 0.3) is 0 Å². The van der Waals surface area contributed by atoms with Gasteiger partial charge in [-0.3, -0.25) is 4.79 Å². The van der Waals surface area contributed by atoms with E-state index in [4.69, 9.17) is 0 Å². The first-order valence-electron chi connectivity index (χ1n) is 2.68. The molecule has 0 saturated carbocycles. The SMILES string of the molecule is O=C(c1sccc1Br)C(F)F. The van der Waals surface area contributed by atoms with Crippen molar-refractivity contribution in [2.75, 3.05) is 0 Å². The quantitative estimate of drug-likeness (QED) is 0.727. The first-order chi connectivity index (χ1) is 5.13. The number of carbonyl (C=O) groups excluding carboxylic acids is 1. The van der Waals surface area contributed by atoms with E-state index in [0.29, 0.717) is 4.47 Å². The Morgan fingerprint density at radius 2 is 2.27 bits per heavy atom. The van der Waals surface area contributed by atoms with Crippen molar-refractivity contribution >= 4 is 33.0 Å². The molecule has 0 spiro atoms. The van der Waals surface area contributed by atoms with E-state index < -0.39 is 12.2 Å². The summed E-state index contributed by atoms with van der Waals surface area (Å²) in [6, 6.07) is 1.57. The summed E-state index contributed by atoms with van der Waals surface area (Å²) in [5.41, 5.74) is 0. The number of Topliss-reactive ketones (excluding diaryl/α,β-unsaturated/α-hetero) is 1. The summed E-state index contributed by atoms with van der Waals surface area (Å²) < 4.78 is 24.1. The van der Waals surface area contributed by atoms with Crippen LogP contribution in [-0.2, 0) is 0 Å². The molecule has 1 aromatic rings. The minimum absolute atomic E-state index is 0.0833. The number of ketones is 1. The number of rotatable bonds is 2. The molecular weight excluding hydrogens is 238 g/mol. The summed E-state index contributed by atoms with van der Waals surface area (Å²) in [6.07, 6.45) is -2.91. The number of carbonyl (C=O) groups is 1. The van der Waals surface area contributed by atoms with Gasteiger partial charge in [0.2, 0.25) is 5.78 Å². The van der Waals surface area contributed by atoms with Gasteiger partial charge in [-0.15, -0.1) is 11.3 Å². The van der Waals surface area contributed by atoms with Gasteiger partial charge in [-0.1, -0.05) is 0 Å². The minimum Gasteiger partial charge on any atom is -0.287 e. The van der Waals surface area contributed by atoms with Gasteiger partial charge < -0.3 is 0 Å². The molecule has 1 nitrogen and oxygen atoms in total. The highest BCUT2D eigenvalue weighted by atomic mass is 79.9. The highest BCUT2D eigenvalue weighted by Gasteiger charge is 2.20. The molecule has 0 aliphatic rings. The van der Waals surface area contributed by atoms with Gasteiger partial charge in [-0.05, 0) is 27.4 Å². The van der Waals surface area contributed by atoms with Gasteiger partial charge in [-0.2, -0.15) is 0 Å². The van der Waals surface area contributed by atoms with Crippen LogP contribution in [0.3, 0.4) is 0 Å². The molecule has 60 valence electrons. The number of hydrogen-bond acceptors (Lipinski definition) is 2. The fraction of sp³-hybridized carbons (Fsp3) is 0.167. The van der Waals surface area contributed by atoms with E-state index in [-0.39, 0.29) is 4.88 Å². The van der Waals surface area contributed by atoms with Crippen molar-refractivity contribution in [2.24, 2.45) is 0 Å². The molecule has 1 heterocycles. The third-order valence-corrected chi connectivity index (χ3v) is 2.89. The van der Waals surface area contributed by atoms with Crippen LogP contribution >= 0.6 is 27.3 Å². The Kier molecular flexibility index (Phi) is 2.72. The lowest BCUT2D eigenvalue weighted by Crippen LogP contribution is -2.08. The first kappa shape index (κ1) is 8.80. The van der Waals surface area contributed by atoms with E-state index in [1.54, 1.807) is 11.4 Å². The second-order valence-corrected chi connectivity index (χ2v) is 3.53. The van der Waals surface area contributed by atoms with Gasteiger partial charge in [0.15, 0.2) is 0 Å². The van der Waals surface area contributed by atoms with Crippen molar-refractivity contribution in [3.05, 3.63) is 20.8 Å². The molecule has 5 heteroatoms. The summed E-state index contributed by atoms with van der Waals surface area (Å²) in [5.74, 6) is -1.12. The van der Waals surface area contributed by atoms with Crippen molar-refractivity contribution in [1.82, 2.24) is 0 Å². The molecule has 11 heavy (non-hydrogen) atoms. The zero-order valence-electron chi connectivity index (χ0n) is 5.18. The van der Waals surface area contributed by atoms with Crippen LogP contribution in [0.15, 0.2) is 15.9 Å². The summed E-state index contributed by atoms with van der Waals surface area (Å²) in [4.78, 5) is 10.7. The second kappa shape index (κ2) is 3.40. The highest BCUT2D eigenvalue weighted by Crippen LogP contribution is 2.24. The van der Waals surface area contributed by atoms with Gasteiger partial charge in [0.1, 0.15) is 0 Å². The summed E-state index contributed by atoms with van der Waals surface area (Å²) in [7, 11) is 0. The Balaban J connectivity index is 2.93. The topological polar surface area (TPSA) is 17.1 Å². The predicted molar refractivity (Wildman–Crippen MR) is 42.4 cm³/mol. The average Bonchev–Trinajstić information content (AvgIpc) is 2.33. The monoisotopic (exact) mass is 240 g/mol. The third kappa shape index (κ3) is 1.84. The minimum atomic E-state index is -2.91. The standard InChI is InChI=1S/C6H3BrF2OS/c7-3-1-2-11-5(3)4(10)6(8)9/h1-2,6H. The summed E-state index contributed by atoms with van der Waals surface area (Å²) >= 11 is 4.00. The molecule has 0 unspecified atom stereocenters. The van der Waals surface area contributed by atoms with Crippen molar-refractivity contribution in [3.63, 3.8) is 0 Å². The molecule has 0 aromatic carbocycles. The molecule has 0 atom stereocenters. The van der Waals surface area contributed by atoms with Crippen LogP contribution < -0.4 is 0 Å². The number of thiophene rings is 1. The Morgan fingerprint density at radius 1 is 1.64 bits per heavy atom. The maximum absolute atomic E-state index is 11.8. The van der Waals surface area contributed by atoms with Crippen molar-refractivity contribution in [2.45, 2.75) is 6.43 Å². The largest absolute Gasteiger partial charge is 0.301 e. The van der Waals surface area contributed by atoms with Gasteiger partial charge >= 0.3 is 6.43 Å². The van der Waals surface area contributed by atoms with Crippen molar-refractivity contribution in [1.29, 1.82) is 0 Å². The molecule has 0 aliphatic heterocycles. The zero-order valence-corrected chi connectivity index (χ0v) is 7.58. The lowest BCUT2D eigenvalue weighted by atomic mass is 10.3. The van der Waals surface area contributed by atoms with Crippen LogP contribution in [-0.4, -0.2) is 12.2 Å². The summed E-state index contributed by atoms with van der Waals surface area (Å²) in [5, 5.41) is 1.58. The van der Waals surface area contributed by atoms with Crippen LogP contribution in [0.5, 0.6) is 0 Å². The number of hydrogen-bond donors (Lipinski definition) is 0. The molecule has 1 aromatic heterocycles. The number of halogens is 3. The molecule has 0 aliphatic carbocycles. The van der Waals surface area contributed by atoms with Crippen LogP contribution in [0.2, 0.25) is 0 Å². The highest BCUT2D eigenvalue weighted by molar-refractivity contribution is 9.10.